The molecule has 1 saturated carbocycles. The number of imidazole rings is 1. The number of fused-ring (bicyclic) bond motifs is 5. The van der Waals surface area contributed by atoms with Crippen LogP contribution in [0.5, 0.6) is 0 Å². The zero-order chi connectivity index (χ0) is 37.5. The second-order valence-corrected chi connectivity index (χ2v) is 15.9. The second kappa shape index (κ2) is 14.3. The van der Waals surface area contributed by atoms with Crippen molar-refractivity contribution < 1.29 is 33.8 Å². The Kier molecular flexibility index (Phi) is 9.77. The zero-order valence-electron chi connectivity index (χ0n) is 30.5. The summed E-state index contributed by atoms with van der Waals surface area (Å²) >= 11 is 0. The number of carbonyl (C=O) groups is 5. The van der Waals surface area contributed by atoms with Crippen molar-refractivity contribution in [3.05, 3.63) is 66.7 Å². The molecule has 4 aliphatic rings. The molecule has 4 amide bonds. The lowest BCUT2D eigenvalue weighted by atomic mass is 9.93. The molecule has 0 spiro atoms. The summed E-state index contributed by atoms with van der Waals surface area (Å²) < 4.78 is 7.42. The Morgan fingerprint density at radius 1 is 1.00 bits per heavy atom. The molecule has 0 bridgehead atoms. The van der Waals surface area contributed by atoms with Crippen LogP contribution in [0.2, 0.25) is 0 Å². The number of alkyl carbamates (subject to hydrolysis) is 1. The molecule has 7 rings (SSSR count). The third-order valence-electron chi connectivity index (χ3n) is 11.0. The average molecular weight is 725 g/mol. The summed E-state index contributed by atoms with van der Waals surface area (Å²) in [7, 11) is 0. The van der Waals surface area contributed by atoms with Gasteiger partial charge in [0.1, 0.15) is 35.6 Å². The Hall–Kier alpha value is -5.20. The summed E-state index contributed by atoms with van der Waals surface area (Å²) in [6.45, 7) is 5.99. The molecule has 1 aromatic heterocycles. The summed E-state index contributed by atoms with van der Waals surface area (Å²) in [5.74, 6) is -2.59. The summed E-state index contributed by atoms with van der Waals surface area (Å²) in [6.07, 6.45) is 6.78. The maximum Gasteiger partial charge on any atom is 0.408 e. The molecule has 2 saturated heterocycles. The highest BCUT2D eigenvalue weighted by molar-refractivity contribution is 5.96. The van der Waals surface area contributed by atoms with Crippen LogP contribution in [0, 0.1) is 17.8 Å². The van der Waals surface area contributed by atoms with Crippen molar-refractivity contribution in [2.45, 2.75) is 89.1 Å². The van der Waals surface area contributed by atoms with Crippen molar-refractivity contribution in [1.82, 2.24) is 30.0 Å². The van der Waals surface area contributed by atoms with Crippen molar-refractivity contribution in [3.8, 4) is 11.4 Å². The Morgan fingerprint density at radius 3 is 2.51 bits per heavy atom. The molecule has 1 aliphatic carbocycles. The van der Waals surface area contributed by atoms with Gasteiger partial charge in [0.2, 0.25) is 17.7 Å². The van der Waals surface area contributed by atoms with Crippen LogP contribution in [0.25, 0.3) is 22.4 Å². The number of carboxylic acids is 1. The monoisotopic (exact) mass is 724 g/mol. The van der Waals surface area contributed by atoms with E-state index in [2.05, 4.69) is 10.6 Å². The summed E-state index contributed by atoms with van der Waals surface area (Å²) in [4.78, 5) is 76.5. The molecule has 6 atom stereocenters. The minimum Gasteiger partial charge on any atom is -0.479 e. The standard InChI is InChI=1S/C40H48N6O7/c1-39(2,3)53-38(52)42-30-18-11-6-4-5-10-16-27-20-40(27,37(50)51)43-35(48)33-28-23-44(21-26(28)22-46(33)36(30)49)32(47)24-45-31-19-13-12-17-29(31)41-34(45)25-14-8-7-9-15-25/h7-10,12-17,19,26-28,30,33H,4-6,11,18,20-24H2,1-3H3,(H,42,52)(H,43,48)(H,50,51)/b16-10-/t26-,27?,28-,30-,33-,40+/m0/s1. The van der Waals surface area contributed by atoms with Crippen molar-refractivity contribution in [3.63, 3.8) is 0 Å². The summed E-state index contributed by atoms with van der Waals surface area (Å²) in [5.41, 5.74) is 0.242. The lowest BCUT2D eigenvalue weighted by molar-refractivity contribution is -0.146. The van der Waals surface area contributed by atoms with Crippen LogP contribution in [0.4, 0.5) is 4.79 Å². The third kappa shape index (κ3) is 7.38. The number of allylic oxidation sites excluding steroid dienone is 1. The van der Waals surface area contributed by atoms with E-state index in [0.29, 0.717) is 25.2 Å². The Labute approximate surface area is 308 Å². The molecule has 3 aliphatic heterocycles. The normalized spacial score (nSPS) is 28.2. The molecule has 13 nitrogen and oxygen atoms in total. The molecular weight excluding hydrogens is 676 g/mol. The Balaban J connectivity index is 1.16. The van der Waals surface area contributed by atoms with E-state index in [0.717, 1.165) is 35.9 Å². The first-order valence-corrected chi connectivity index (χ1v) is 18.6. The number of nitrogens with one attached hydrogen (secondary N) is 2. The number of ether oxygens (including phenoxy) is 1. The highest BCUT2D eigenvalue weighted by Crippen LogP contribution is 2.46. The number of carboxylic acid groups (broad SMARTS) is 1. The van der Waals surface area contributed by atoms with E-state index in [1.165, 1.54) is 4.90 Å². The Bertz CT molecular complexity index is 1940. The maximum atomic E-state index is 14.4. The Morgan fingerprint density at radius 2 is 1.75 bits per heavy atom. The fourth-order valence-electron chi connectivity index (χ4n) is 8.30. The minimum absolute atomic E-state index is 0.0295. The fraction of sp³-hybridized carbons (Fsp3) is 0.500. The first-order chi connectivity index (χ1) is 25.3. The highest BCUT2D eigenvalue weighted by Gasteiger charge is 2.62. The molecule has 1 unspecified atom stereocenters. The van der Waals surface area contributed by atoms with Crippen LogP contribution in [0.15, 0.2) is 66.7 Å². The number of para-hydroxylation sites is 2. The van der Waals surface area contributed by atoms with Crippen molar-refractivity contribution >= 4 is 40.8 Å². The molecule has 0 radical (unpaired) electrons. The average Bonchev–Trinajstić information content (AvgIpc) is 3.36. The lowest BCUT2D eigenvalue weighted by Gasteiger charge is -2.33. The van der Waals surface area contributed by atoms with Gasteiger partial charge in [-0.15, -0.1) is 0 Å². The fourth-order valence-corrected chi connectivity index (χ4v) is 8.30. The number of amides is 4. The second-order valence-electron chi connectivity index (χ2n) is 15.9. The summed E-state index contributed by atoms with van der Waals surface area (Å²) in [6, 6.07) is 15.4. The van der Waals surface area contributed by atoms with Gasteiger partial charge in [-0.05, 0) is 58.6 Å². The van der Waals surface area contributed by atoms with Gasteiger partial charge in [0, 0.05) is 43.0 Å². The summed E-state index contributed by atoms with van der Waals surface area (Å²) in [5, 5.41) is 15.9. The SMILES string of the molecule is CC(C)(C)OC(=O)N[C@H]1CCCCC/C=C\C2C[C@@]2(C(=O)O)NC(=O)[C@@H]2[C@H]3CN(C(=O)Cn4c(-c5ccccc5)nc5ccccc54)C[C@H]3CN2C1=O. The van der Waals surface area contributed by atoms with Gasteiger partial charge in [-0.3, -0.25) is 14.4 Å². The van der Waals surface area contributed by atoms with Gasteiger partial charge in [-0.1, -0.05) is 67.5 Å². The van der Waals surface area contributed by atoms with Crippen molar-refractivity contribution in [1.29, 1.82) is 0 Å². The van der Waals surface area contributed by atoms with E-state index < -0.39 is 53.0 Å². The molecule has 13 heteroatoms. The maximum absolute atomic E-state index is 14.4. The van der Waals surface area contributed by atoms with Crippen LogP contribution in [-0.4, -0.2) is 97.1 Å². The number of aromatic nitrogens is 2. The minimum atomic E-state index is -1.46. The van der Waals surface area contributed by atoms with Crippen molar-refractivity contribution in [2.24, 2.45) is 17.8 Å². The van der Waals surface area contributed by atoms with Crippen LogP contribution in [-0.2, 0) is 30.5 Å². The highest BCUT2D eigenvalue weighted by atomic mass is 16.6. The number of benzene rings is 2. The molecular formula is C40H48N6O7. The van der Waals surface area contributed by atoms with E-state index in [-0.39, 0.29) is 43.8 Å². The predicted molar refractivity (Wildman–Crippen MR) is 196 cm³/mol. The number of hydrogen-bond acceptors (Lipinski definition) is 7. The van der Waals surface area contributed by atoms with E-state index in [1.54, 1.807) is 25.7 Å². The van der Waals surface area contributed by atoms with Gasteiger partial charge in [-0.2, -0.15) is 0 Å². The van der Waals surface area contributed by atoms with Gasteiger partial charge in [0.15, 0.2) is 0 Å². The van der Waals surface area contributed by atoms with Gasteiger partial charge in [0.05, 0.1) is 11.0 Å². The first kappa shape index (κ1) is 36.2. The van der Waals surface area contributed by atoms with Crippen LogP contribution in [0.1, 0.15) is 59.3 Å². The van der Waals surface area contributed by atoms with Gasteiger partial charge >= 0.3 is 12.1 Å². The number of hydrogen-bond donors (Lipinski definition) is 3. The molecule has 3 N–H and O–H groups in total. The van der Waals surface area contributed by atoms with E-state index >= 15 is 0 Å². The molecule has 53 heavy (non-hydrogen) atoms. The number of carbonyl (C=O) groups excluding carboxylic acids is 4. The first-order valence-electron chi connectivity index (χ1n) is 18.6. The number of nitrogens with zero attached hydrogens (tertiary/aromatic N) is 4. The third-order valence-corrected chi connectivity index (χ3v) is 11.0. The van der Waals surface area contributed by atoms with Crippen LogP contribution >= 0.6 is 0 Å². The van der Waals surface area contributed by atoms with Gasteiger partial charge in [0.25, 0.3) is 0 Å². The molecule has 3 fully saturated rings. The lowest BCUT2D eigenvalue weighted by Crippen LogP contribution is -2.58. The van der Waals surface area contributed by atoms with Crippen molar-refractivity contribution in [2.75, 3.05) is 19.6 Å². The molecule has 280 valence electrons. The quantitative estimate of drug-likeness (QED) is 0.327. The molecule has 3 aromatic rings. The van der Waals surface area contributed by atoms with Gasteiger partial charge < -0.3 is 34.8 Å². The number of aliphatic carboxylic acids is 1. The van der Waals surface area contributed by atoms with Gasteiger partial charge in [-0.25, -0.2) is 14.6 Å². The van der Waals surface area contributed by atoms with E-state index in [4.69, 9.17) is 9.72 Å². The van der Waals surface area contributed by atoms with E-state index in [9.17, 15) is 29.1 Å². The largest absolute Gasteiger partial charge is 0.479 e. The van der Waals surface area contributed by atoms with Crippen LogP contribution in [0.3, 0.4) is 0 Å². The topological polar surface area (TPSA) is 163 Å². The smallest absolute Gasteiger partial charge is 0.408 e. The van der Waals surface area contributed by atoms with E-state index in [1.807, 2.05) is 71.3 Å². The predicted octanol–water partition coefficient (Wildman–Crippen LogP) is 4.36. The zero-order valence-corrected chi connectivity index (χ0v) is 30.5. The molecule has 2 aromatic carbocycles. The number of rotatable bonds is 5. The number of likely N-dealkylation sites (tertiary alicyclic amines) is 1. The molecule has 4 heterocycles. The van der Waals surface area contributed by atoms with Crippen LogP contribution < -0.4 is 10.6 Å².